The second-order valence-electron chi connectivity index (χ2n) is 4.89. The number of aromatic hydroxyl groups is 1. The van der Waals surface area contributed by atoms with Crippen LogP contribution in [0.1, 0.15) is 23.6 Å². The smallest absolute Gasteiger partial charge is 0.162 e. The summed E-state index contributed by atoms with van der Waals surface area (Å²) in [5.41, 5.74) is 3.26. The second kappa shape index (κ2) is 7.34. The summed E-state index contributed by atoms with van der Waals surface area (Å²) >= 11 is 6.01. The molecule has 0 bridgehead atoms. The molecular weight excluding hydrogens is 286 g/mol. The van der Waals surface area contributed by atoms with Crippen LogP contribution in [0, 0.1) is 0 Å². The van der Waals surface area contributed by atoms with Gasteiger partial charge in [-0.25, -0.2) is 0 Å². The fourth-order valence-corrected chi connectivity index (χ4v) is 2.38. The van der Waals surface area contributed by atoms with Crippen LogP contribution < -0.4 is 10.1 Å². The number of hydrogen-bond acceptors (Lipinski definition) is 3. The first-order valence-corrected chi connectivity index (χ1v) is 7.35. The van der Waals surface area contributed by atoms with Crippen molar-refractivity contribution in [2.24, 2.45) is 0 Å². The van der Waals surface area contributed by atoms with Gasteiger partial charge in [0.15, 0.2) is 11.5 Å². The number of benzene rings is 2. The van der Waals surface area contributed by atoms with Gasteiger partial charge in [0.25, 0.3) is 0 Å². The highest BCUT2D eigenvalue weighted by atomic mass is 35.5. The molecule has 112 valence electrons. The highest BCUT2D eigenvalue weighted by molar-refractivity contribution is 6.30. The summed E-state index contributed by atoms with van der Waals surface area (Å²) < 4.78 is 5.09. The fourth-order valence-electron chi connectivity index (χ4n) is 2.15. The minimum atomic E-state index is 0.135. The molecule has 0 atom stereocenters. The lowest BCUT2D eigenvalue weighted by molar-refractivity contribution is 0.369. The Morgan fingerprint density at radius 2 is 1.76 bits per heavy atom. The molecule has 0 heterocycles. The maximum Gasteiger partial charge on any atom is 0.162 e. The van der Waals surface area contributed by atoms with E-state index in [1.165, 1.54) is 18.2 Å². The Balaban J connectivity index is 1.98. The van der Waals surface area contributed by atoms with Crippen molar-refractivity contribution in [2.45, 2.75) is 26.4 Å². The number of ether oxygens (including phenoxy) is 1. The topological polar surface area (TPSA) is 41.5 Å². The molecule has 0 aliphatic rings. The van der Waals surface area contributed by atoms with E-state index in [2.05, 4.69) is 36.5 Å². The van der Waals surface area contributed by atoms with Crippen molar-refractivity contribution in [2.75, 3.05) is 7.11 Å². The number of aryl methyl sites for hydroxylation is 1. The summed E-state index contributed by atoms with van der Waals surface area (Å²) in [5, 5.41) is 13.9. The van der Waals surface area contributed by atoms with Gasteiger partial charge in [-0.1, -0.05) is 42.8 Å². The molecule has 0 aliphatic carbocycles. The third kappa shape index (κ3) is 4.13. The van der Waals surface area contributed by atoms with Gasteiger partial charge in [-0.15, -0.1) is 0 Å². The van der Waals surface area contributed by atoms with Crippen molar-refractivity contribution in [1.82, 2.24) is 5.32 Å². The van der Waals surface area contributed by atoms with E-state index >= 15 is 0 Å². The van der Waals surface area contributed by atoms with Crippen LogP contribution in [0.3, 0.4) is 0 Å². The van der Waals surface area contributed by atoms with E-state index in [4.69, 9.17) is 16.3 Å². The van der Waals surface area contributed by atoms with Gasteiger partial charge in [0, 0.05) is 29.7 Å². The molecule has 21 heavy (non-hydrogen) atoms. The zero-order valence-electron chi connectivity index (χ0n) is 12.3. The molecule has 0 saturated carbocycles. The maximum atomic E-state index is 10.1. The van der Waals surface area contributed by atoms with Crippen LogP contribution >= 0.6 is 11.6 Å². The molecule has 3 nitrogen and oxygen atoms in total. The second-order valence-corrected chi connectivity index (χ2v) is 5.33. The predicted octanol–water partition coefficient (Wildman–Crippen LogP) is 3.91. The standard InChI is InChI=1S/C17H20ClNO2/c1-3-12-4-6-13(7-5-12)10-19-11-14-8-15(18)9-16(21-2)17(14)20/h4-9,19-20H,3,10-11H2,1-2H3. The molecule has 0 aliphatic heterocycles. The van der Waals surface area contributed by atoms with Crippen molar-refractivity contribution in [3.8, 4) is 11.5 Å². The summed E-state index contributed by atoms with van der Waals surface area (Å²) in [6.45, 7) is 3.40. The first-order valence-electron chi connectivity index (χ1n) is 6.98. The summed E-state index contributed by atoms with van der Waals surface area (Å²) in [6, 6.07) is 11.8. The molecule has 0 unspecified atom stereocenters. The van der Waals surface area contributed by atoms with Gasteiger partial charge >= 0.3 is 0 Å². The SMILES string of the molecule is CCc1ccc(CNCc2cc(Cl)cc(OC)c2O)cc1. The Kier molecular flexibility index (Phi) is 5.48. The first-order chi connectivity index (χ1) is 10.1. The molecular formula is C17H20ClNO2. The minimum Gasteiger partial charge on any atom is -0.504 e. The number of rotatable bonds is 6. The van der Waals surface area contributed by atoms with Crippen molar-refractivity contribution < 1.29 is 9.84 Å². The van der Waals surface area contributed by atoms with Gasteiger partial charge in [-0.05, 0) is 23.6 Å². The summed E-state index contributed by atoms with van der Waals surface area (Å²) in [4.78, 5) is 0. The van der Waals surface area contributed by atoms with E-state index in [1.54, 1.807) is 12.1 Å². The highest BCUT2D eigenvalue weighted by Crippen LogP contribution is 2.33. The molecule has 2 aromatic rings. The Morgan fingerprint density at radius 3 is 2.38 bits per heavy atom. The summed E-state index contributed by atoms with van der Waals surface area (Å²) in [5.74, 6) is 0.530. The van der Waals surface area contributed by atoms with E-state index in [0.717, 1.165) is 18.5 Å². The lowest BCUT2D eigenvalue weighted by Gasteiger charge is -2.11. The van der Waals surface area contributed by atoms with Gasteiger partial charge in [0.05, 0.1) is 7.11 Å². The fraction of sp³-hybridized carbons (Fsp3) is 0.294. The lowest BCUT2D eigenvalue weighted by atomic mass is 10.1. The predicted molar refractivity (Wildman–Crippen MR) is 86.0 cm³/mol. The molecule has 0 saturated heterocycles. The zero-order chi connectivity index (χ0) is 15.2. The van der Waals surface area contributed by atoms with Crippen LogP contribution in [0.5, 0.6) is 11.5 Å². The number of phenols is 1. The maximum absolute atomic E-state index is 10.1. The molecule has 0 fully saturated rings. The van der Waals surface area contributed by atoms with E-state index in [9.17, 15) is 5.11 Å². The summed E-state index contributed by atoms with van der Waals surface area (Å²) in [6.07, 6.45) is 1.05. The van der Waals surface area contributed by atoms with Gasteiger partial charge in [0.1, 0.15) is 0 Å². The number of phenolic OH excluding ortho intramolecular Hbond substituents is 1. The van der Waals surface area contributed by atoms with Crippen molar-refractivity contribution >= 4 is 11.6 Å². The molecule has 0 aromatic heterocycles. The van der Waals surface area contributed by atoms with E-state index in [-0.39, 0.29) is 5.75 Å². The molecule has 2 N–H and O–H groups in total. The average molecular weight is 306 g/mol. The number of nitrogens with one attached hydrogen (secondary N) is 1. The molecule has 2 aromatic carbocycles. The quantitative estimate of drug-likeness (QED) is 0.850. The summed E-state index contributed by atoms with van der Waals surface area (Å²) in [7, 11) is 1.51. The lowest BCUT2D eigenvalue weighted by Crippen LogP contribution is -2.13. The average Bonchev–Trinajstić information content (AvgIpc) is 2.51. The van der Waals surface area contributed by atoms with Crippen LogP contribution in [0.15, 0.2) is 36.4 Å². The number of methoxy groups -OCH3 is 1. The third-order valence-corrected chi connectivity index (χ3v) is 3.63. The molecule has 0 amide bonds. The molecule has 0 spiro atoms. The molecule has 4 heteroatoms. The van der Waals surface area contributed by atoms with E-state index in [0.29, 0.717) is 17.3 Å². The van der Waals surface area contributed by atoms with E-state index in [1.807, 2.05) is 0 Å². The Labute approximate surface area is 130 Å². The van der Waals surface area contributed by atoms with Crippen LogP contribution in [-0.2, 0) is 19.5 Å². The zero-order valence-corrected chi connectivity index (χ0v) is 13.1. The van der Waals surface area contributed by atoms with Gasteiger partial charge in [0.2, 0.25) is 0 Å². The van der Waals surface area contributed by atoms with Crippen LogP contribution in [0.25, 0.3) is 0 Å². The monoisotopic (exact) mass is 305 g/mol. The molecule has 2 rings (SSSR count). The normalized spacial score (nSPS) is 10.6. The molecule has 0 radical (unpaired) electrons. The van der Waals surface area contributed by atoms with Gasteiger partial charge in [-0.3, -0.25) is 0 Å². The van der Waals surface area contributed by atoms with Crippen LogP contribution in [0.2, 0.25) is 5.02 Å². The van der Waals surface area contributed by atoms with Gasteiger partial charge in [-0.2, -0.15) is 0 Å². The minimum absolute atomic E-state index is 0.135. The number of halogens is 1. The van der Waals surface area contributed by atoms with Crippen molar-refractivity contribution in [3.05, 3.63) is 58.1 Å². The first kappa shape index (κ1) is 15.7. The number of hydrogen-bond donors (Lipinski definition) is 2. The Bertz CT molecular complexity index is 596. The third-order valence-electron chi connectivity index (χ3n) is 3.41. The van der Waals surface area contributed by atoms with E-state index < -0.39 is 0 Å². The van der Waals surface area contributed by atoms with Crippen molar-refractivity contribution in [1.29, 1.82) is 0 Å². The highest BCUT2D eigenvalue weighted by Gasteiger charge is 2.09. The largest absolute Gasteiger partial charge is 0.504 e. The van der Waals surface area contributed by atoms with Crippen molar-refractivity contribution in [3.63, 3.8) is 0 Å². The Hall–Kier alpha value is -1.71. The van der Waals surface area contributed by atoms with Crippen LogP contribution in [-0.4, -0.2) is 12.2 Å². The van der Waals surface area contributed by atoms with Gasteiger partial charge < -0.3 is 15.2 Å². The Morgan fingerprint density at radius 1 is 1.10 bits per heavy atom. The van der Waals surface area contributed by atoms with Crippen LogP contribution in [0.4, 0.5) is 0 Å².